The minimum atomic E-state index is -0.561. The van der Waals surface area contributed by atoms with Crippen LogP contribution in [0.25, 0.3) is 22.9 Å². The highest BCUT2D eigenvalue weighted by atomic mass is 16.5. The average Bonchev–Trinajstić information content (AvgIpc) is 3.07. The summed E-state index contributed by atoms with van der Waals surface area (Å²) in [6, 6.07) is 34.2. The van der Waals surface area contributed by atoms with Crippen molar-refractivity contribution in [3.63, 3.8) is 0 Å². The van der Waals surface area contributed by atoms with Crippen molar-refractivity contribution in [1.29, 1.82) is 0 Å². The summed E-state index contributed by atoms with van der Waals surface area (Å²) in [5.74, 6) is -0.135. The zero-order valence-corrected chi connectivity index (χ0v) is 24.2. The van der Waals surface area contributed by atoms with Crippen LogP contribution in [0.15, 0.2) is 127 Å². The number of fused-ring (bicyclic) bond motifs is 1. The molecule has 0 heterocycles. The van der Waals surface area contributed by atoms with Crippen LogP contribution in [0.4, 0.5) is 5.69 Å². The summed E-state index contributed by atoms with van der Waals surface area (Å²) in [5.41, 5.74) is 2.77. The van der Waals surface area contributed by atoms with Crippen molar-refractivity contribution >= 4 is 46.2 Å². The zero-order chi connectivity index (χ0) is 30.9. The van der Waals surface area contributed by atoms with Crippen LogP contribution < -0.4 is 20.1 Å². The molecule has 0 aliphatic heterocycles. The first-order valence-electron chi connectivity index (χ1n) is 13.9. The molecule has 218 valence electrons. The molecule has 5 aromatic carbocycles. The number of allylic oxidation sites excluding steroid dienone is 1. The second-order valence-electron chi connectivity index (χ2n) is 9.78. The van der Waals surface area contributed by atoms with E-state index in [1.165, 1.54) is 26.4 Å². The van der Waals surface area contributed by atoms with E-state index >= 15 is 0 Å². The molecule has 0 atom stereocenters. The summed E-state index contributed by atoms with van der Waals surface area (Å²) < 4.78 is 10.8. The fraction of sp³-hybridized carbons (Fsp3) is 0.0541. The largest absolute Gasteiger partial charge is 0.497 e. The van der Waals surface area contributed by atoms with Gasteiger partial charge in [-0.2, -0.15) is 0 Å². The van der Waals surface area contributed by atoms with Gasteiger partial charge < -0.3 is 20.1 Å². The van der Waals surface area contributed by atoms with Gasteiger partial charge in [-0.3, -0.25) is 14.4 Å². The Bertz CT molecular complexity index is 1870. The Morgan fingerprint density at radius 3 is 2.16 bits per heavy atom. The van der Waals surface area contributed by atoms with E-state index in [0.29, 0.717) is 33.9 Å². The molecule has 0 aliphatic rings. The lowest BCUT2D eigenvalue weighted by Crippen LogP contribution is -2.30. The molecule has 5 rings (SSSR count). The quantitative estimate of drug-likeness (QED) is 0.135. The Labute approximate surface area is 255 Å². The molecular weight excluding hydrogens is 552 g/mol. The first kappa shape index (κ1) is 29.5. The third-order valence-corrected chi connectivity index (χ3v) is 6.93. The number of rotatable bonds is 10. The number of hydrogen-bond donors (Lipinski definition) is 2. The maximum absolute atomic E-state index is 13.5. The van der Waals surface area contributed by atoms with Crippen LogP contribution >= 0.6 is 0 Å². The van der Waals surface area contributed by atoms with E-state index in [9.17, 15) is 14.4 Å². The lowest BCUT2D eigenvalue weighted by Gasteiger charge is -2.13. The van der Waals surface area contributed by atoms with Crippen LogP contribution in [-0.4, -0.2) is 31.8 Å². The molecule has 7 heteroatoms. The Hall–Kier alpha value is -5.95. The second-order valence-corrected chi connectivity index (χ2v) is 9.78. The van der Waals surface area contributed by atoms with Gasteiger partial charge in [-0.05, 0) is 83.1 Å². The number of ketones is 1. The van der Waals surface area contributed by atoms with E-state index < -0.39 is 11.8 Å². The molecule has 0 spiro atoms. The number of methoxy groups -OCH3 is 2. The van der Waals surface area contributed by atoms with E-state index in [0.717, 1.165) is 16.3 Å². The lowest BCUT2D eigenvalue weighted by molar-refractivity contribution is -0.113. The Morgan fingerprint density at radius 2 is 1.41 bits per heavy atom. The lowest BCUT2D eigenvalue weighted by atomic mass is 10.0. The van der Waals surface area contributed by atoms with Gasteiger partial charge in [-0.1, -0.05) is 66.7 Å². The molecule has 2 amide bonds. The van der Waals surface area contributed by atoms with Crippen molar-refractivity contribution in [2.75, 3.05) is 19.5 Å². The predicted octanol–water partition coefficient (Wildman–Crippen LogP) is 7.16. The van der Waals surface area contributed by atoms with E-state index in [1.54, 1.807) is 78.9 Å². The maximum atomic E-state index is 13.5. The number of amides is 2. The number of carbonyl (C=O) groups excluding carboxylic acids is 3. The Morgan fingerprint density at radius 1 is 0.682 bits per heavy atom. The molecule has 2 N–H and O–H groups in total. The minimum Gasteiger partial charge on any atom is -0.497 e. The number of hydrogen-bond acceptors (Lipinski definition) is 5. The molecular formula is C37H30N2O5. The molecule has 0 bridgehead atoms. The summed E-state index contributed by atoms with van der Waals surface area (Å²) in [4.78, 5) is 39.4. The Balaban J connectivity index is 1.36. The number of anilines is 1. The van der Waals surface area contributed by atoms with Gasteiger partial charge in [-0.15, -0.1) is 0 Å². The number of benzene rings is 5. The van der Waals surface area contributed by atoms with Crippen molar-refractivity contribution in [2.45, 2.75) is 0 Å². The van der Waals surface area contributed by atoms with E-state index in [2.05, 4.69) is 10.6 Å². The molecule has 44 heavy (non-hydrogen) atoms. The average molecular weight is 583 g/mol. The first-order valence-corrected chi connectivity index (χ1v) is 13.9. The zero-order valence-electron chi connectivity index (χ0n) is 24.2. The molecule has 0 aliphatic carbocycles. The van der Waals surface area contributed by atoms with Crippen molar-refractivity contribution in [2.24, 2.45) is 0 Å². The monoisotopic (exact) mass is 582 g/mol. The van der Waals surface area contributed by atoms with Crippen LogP contribution in [0.2, 0.25) is 0 Å². The summed E-state index contributed by atoms with van der Waals surface area (Å²) in [6.07, 6.45) is 4.87. The fourth-order valence-corrected chi connectivity index (χ4v) is 4.62. The van der Waals surface area contributed by atoms with Crippen LogP contribution in [0.1, 0.15) is 31.8 Å². The van der Waals surface area contributed by atoms with Gasteiger partial charge in [0, 0.05) is 22.4 Å². The van der Waals surface area contributed by atoms with Gasteiger partial charge in [-0.25, -0.2) is 0 Å². The number of carbonyl (C=O) groups is 3. The molecule has 0 saturated heterocycles. The van der Waals surface area contributed by atoms with Gasteiger partial charge in [0.2, 0.25) is 0 Å². The SMILES string of the molecule is COc1ccc(OC)c(/C=C(\NC(=O)c2ccccc2)C(=O)Nc2ccc(C(=O)/C=C/c3cccc4ccccc34)cc2)c1. The molecule has 5 aromatic rings. The first-order chi connectivity index (χ1) is 21.4. The van der Waals surface area contributed by atoms with Crippen molar-refractivity contribution < 1.29 is 23.9 Å². The van der Waals surface area contributed by atoms with Crippen LogP contribution in [0.3, 0.4) is 0 Å². The van der Waals surface area contributed by atoms with Crippen LogP contribution in [0.5, 0.6) is 11.5 Å². The van der Waals surface area contributed by atoms with Crippen molar-refractivity contribution in [1.82, 2.24) is 5.32 Å². The fourth-order valence-electron chi connectivity index (χ4n) is 4.62. The summed E-state index contributed by atoms with van der Waals surface area (Å²) >= 11 is 0. The third-order valence-electron chi connectivity index (χ3n) is 6.93. The predicted molar refractivity (Wildman–Crippen MR) is 174 cm³/mol. The van der Waals surface area contributed by atoms with Crippen LogP contribution in [0, 0.1) is 0 Å². The van der Waals surface area contributed by atoms with Crippen molar-refractivity contribution in [3.8, 4) is 11.5 Å². The standard InChI is InChI=1S/C37H30N2O5/c1-43-31-20-22-35(44-2)29(23-31)24-33(39-36(41)28-10-4-3-5-11-28)37(42)38-30-18-15-27(16-19-30)34(40)21-17-26-13-8-12-25-9-6-7-14-32(25)26/h3-24H,1-2H3,(H,38,42)(H,39,41)/b21-17+,33-24-. The van der Waals surface area contributed by atoms with Gasteiger partial charge in [0.25, 0.3) is 11.8 Å². The summed E-state index contributed by atoms with van der Waals surface area (Å²) in [6.45, 7) is 0. The van der Waals surface area contributed by atoms with Crippen LogP contribution in [-0.2, 0) is 4.79 Å². The molecule has 0 aromatic heterocycles. The molecule has 0 saturated carbocycles. The normalized spacial score (nSPS) is 11.3. The molecule has 0 radical (unpaired) electrons. The Kier molecular flexibility index (Phi) is 9.27. The number of ether oxygens (including phenoxy) is 2. The molecule has 7 nitrogen and oxygen atoms in total. The highest BCUT2D eigenvalue weighted by Gasteiger charge is 2.17. The number of nitrogens with one attached hydrogen (secondary N) is 2. The minimum absolute atomic E-state index is 0.0106. The summed E-state index contributed by atoms with van der Waals surface area (Å²) in [5, 5.41) is 7.68. The van der Waals surface area contributed by atoms with E-state index in [1.807, 2.05) is 42.5 Å². The van der Waals surface area contributed by atoms with Gasteiger partial charge >= 0.3 is 0 Å². The van der Waals surface area contributed by atoms with Crippen molar-refractivity contribution in [3.05, 3.63) is 149 Å². The molecule has 0 fully saturated rings. The van der Waals surface area contributed by atoms with Gasteiger partial charge in [0.1, 0.15) is 17.2 Å². The van der Waals surface area contributed by atoms with E-state index in [4.69, 9.17) is 9.47 Å². The molecule has 0 unspecified atom stereocenters. The smallest absolute Gasteiger partial charge is 0.272 e. The highest BCUT2D eigenvalue weighted by Crippen LogP contribution is 2.26. The topological polar surface area (TPSA) is 93.7 Å². The van der Waals surface area contributed by atoms with E-state index in [-0.39, 0.29) is 11.5 Å². The third kappa shape index (κ3) is 7.09. The van der Waals surface area contributed by atoms with Gasteiger partial charge in [0.05, 0.1) is 14.2 Å². The summed E-state index contributed by atoms with van der Waals surface area (Å²) in [7, 11) is 3.05. The highest BCUT2D eigenvalue weighted by molar-refractivity contribution is 6.11. The van der Waals surface area contributed by atoms with Gasteiger partial charge in [0.15, 0.2) is 5.78 Å². The maximum Gasteiger partial charge on any atom is 0.272 e. The second kappa shape index (κ2) is 13.8.